The predicted octanol–water partition coefficient (Wildman–Crippen LogP) is 0.896. The molecule has 0 amide bonds. The van der Waals surface area contributed by atoms with Gasteiger partial charge in [0.15, 0.2) is 0 Å². The third-order valence-corrected chi connectivity index (χ3v) is 3.63. The molecule has 0 saturated carbocycles. The Labute approximate surface area is 102 Å². The third-order valence-electron chi connectivity index (χ3n) is 3.63. The number of ether oxygens (including phenoxy) is 1. The zero-order chi connectivity index (χ0) is 12.3. The Morgan fingerprint density at radius 1 is 1.53 bits per heavy atom. The minimum atomic E-state index is 0.177. The Hall–Kier alpha value is -1.07. The predicted molar refractivity (Wildman–Crippen MR) is 68.0 cm³/mol. The van der Waals surface area contributed by atoms with Crippen molar-refractivity contribution in [2.45, 2.75) is 19.8 Å². The highest BCUT2D eigenvalue weighted by molar-refractivity contribution is 5.36. The molecule has 0 atom stereocenters. The molecule has 2 rings (SSSR count). The number of anilines is 1. The summed E-state index contributed by atoms with van der Waals surface area (Å²) in [6.07, 6.45) is 2.07. The van der Waals surface area contributed by atoms with Gasteiger partial charge < -0.3 is 15.8 Å². The number of nitrogens with one attached hydrogen (secondary N) is 1. The van der Waals surface area contributed by atoms with Crippen LogP contribution in [0.15, 0.2) is 6.07 Å². The second kappa shape index (κ2) is 5.06. The maximum absolute atomic E-state index is 5.93. The Balaban J connectivity index is 1.98. The molecular formula is C12H22N4O. The number of rotatable bonds is 4. The van der Waals surface area contributed by atoms with Gasteiger partial charge in [-0.05, 0) is 26.3 Å². The van der Waals surface area contributed by atoms with Crippen LogP contribution in [0.25, 0.3) is 0 Å². The first-order valence-corrected chi connectivity index (χ1v) is 6.18. The van der Waals surface area contributed by atoms with E-state index in [2.05, 4.69) is 16.5 Å². The Bertz CT molecular complexity index is 369. The molecule has 0 aromatic carbocycles. The molecule has 5 nitrogen and oxygen atoms in total. The van der Waals surface area contributed by atoms with Gasteiger partial charge in [0.25, 0.3) is 0 Å². The summed E-state index contributed by atoms with van der Waals surface area (Å²) in [5, 5.41) is 7.78. The summed E-state index contributed by atoms with van der Waals surface area (Å²) in [7, 11) is 1.95. The summed E-state index contributed by atoms with van der Waals surface area (Å²) in [5.41, 5.74) is 7.14. The molecule has 0 aliphatic carbocycles. The van der Waals surface area contributed by atoms with Crippen LogP contribution in [0.2, 0.25) is 0 Å². The number of hydrogen-bond acceptors (Lipinski definition) is 4. The molecule has 1 aliphatic heterocycles. The average molecular weight is 238 g/mol. The molecule has 0 spiro atoms. The van der Waals surface area contributed by atoms with E-state index < -0.39 is 0 Å². The van der Waals surface area contributed by atoms with Gasteiger partial charge in [-0.2, -0.15) is 5.10 Å². The minimum absolute atomic E-state index is 0.177. The first-order valence-electron chi connectivity index (χ1n) is 6.18. The highest BCUT2D eigenvalue weighted by Crippen LogP contribution is 2.29. The van der Waals surface area contributed by atoms with E-state index in [1.807, 2.05) is 18.7 Å². The maximum atomic E-state index is 5.93. The molecule has 96 valence electrons. The van der Waals surface area contributed by atoms with Crippen LogP contribution in [0.1, 0.15) is 18.5 Å². The van der Waals surface area contributed by atoms with E-state index in [0.29, 0.717) is 6.54 Å². The van der Waals surface area contributed by atoms with Crippen molar-refractivity contribution in [2.24, 2.45) is 18.2 Å². The number of hydrogen-bond donors (Lipinski definition) is 2. The molecule has 0 radical (unpaired) electrons. The van der Waals surface area contributed by atoms with E-state index in [4.69, 9.17) is 10.5 Å². The van der Waals surface area contributed by atoms with Crippen molar-refractivity contribution >= 4 is 5.82 Å². The number of nitrogens with two attached hydrogens (primary N) is 1. The molecule has 1 fully saturated rings. The van der Waals surface area contributed by atoms with Crippen LogP contribution in [0.4, 0.5) is 5.82 Å². The molecule has 3 N–H and O–H groups in total. The summed E-state index contributed by atoms with van der Waals surface area (Å²) in [6, 6.07) is 2.06. The molecule has 1 saturated heterocycles. The lowest BCUT2D eigenvalue weighted by Crippen LogP contribution is -2.42. The van der Waals surface area contributed by atoms with Crippen LogP contribution in [0.3, 0.4) is 0 Å². The molecule has 2 heterocycles. The second-order valence-electron chi connectivity index (χ2n) is 4.96. The maximum Gasteiger partial charge on any atom is 0.124 e. The zero-order valence-corrected chi connectivity index (χ0v) is 10.7. The summed E-state index contributed by atoms with van der Waals surface area (Å²) >= 11 is 0. The van der Waals surface area contributed by atoms with E-state index in [1.54, 1.807) is 0 Å². The van der Waals surface area contributed by atoms with Crippen LogP contribution in [-0.2, 0) is 11.8 Å². The van der Waals surface area contributed by atoms with Crippen LogP contribution >= 0.6 is 0 Å². The fourth-order valence-corrected chi connectivity index (χ4v) is 2.31. The monoisotopic (exact) mass is 238 g/mol. The van der Waals surface area contributed by atoms with Crippen LogP contribution in [-0.4, -0.2) is 36.1 Å². The van der Waals surface area contributed by atoms with Gasteiger partial charge in [-0.15, -0.1) is 0 Å². The molecule has 1 aromatic rings. The van der Waals surface area contributed by atoms with E-state index in [-0.39, 0.29) is 5.41 Å². The van der Waals surface area contributed by atoms with Gasteiger partial charge in [0.2, 0.25) is 0 Å². The van der Waals surface area contributed by atoms with Crippen molar-refractivity contribution in [3.05, 3.63) is 11.8 Å². The number of aromatic nitrogens is 2. The van der Waals surface area contributed by atoms with E-state index in [9.17, 15) is 0 Å². The van der Waals surface area contributed by atoms with Gasteiger partial charge in [0.1, 0.15) is 5.82 Å². The van der Waals surface area contributed by atoms with E-state index >= 15 is 0 Å². The van der Waals surface area contributed by atoms with Gasteiger partial charge in [-0.25, -0.2) is 0 Å². The summed E-state index contributed by atoms with van der Waals surface area (Å²) < 4.78 is 7.28. The molecule has 1 aromatic heterocycles. The molecule has 5 heteroatoms. The topological polar surface area (TPSA) is 65.1 Å². The van der Waals surface area contributed by atoms with Gasteiger partial charge in [-0.1, -0.05) is 0 Å². The van der Waals surface area contributed by atoms with Crippen LogP contribution < -0.4 is 11.1 Å². The Kier molecular flexibility index (Phi) is 3.69. The van der Waals surface area contributed by atoms with Crippen LogP contribution in [0, 0.1) is 12.3 Å². The number of aryl methyl sites for hydroxylation is 2. The van der Waals surface area contributed by atoms with Crippen molar-refractivity contribution in [2.75, 3.05) is 31.6 Å². The van der Waals surface area contributed by atoms with Gasteiger partial charge in [0.05, 0.1) is 5.69 Å². The lowest BCUT2D eigenvalue weighted by molar-refractivity contribution is 0.0252. The minimum Gasteiger partial charge on any atom is -0.381 e. The smallest absolute Gasteiger partial charge is 0.124 e. The van der Waals surface area contributed by atoms with Gasteiger partial charge in [0, 0.05) is 38.3 Å². The normalized spacial score (nSPS) is 19.2. The zero-order valence-electron chi connectivity index (χ0n) is 10.7. The third kappa shape index (κ3) is 2.79. The van der Waals surface area contributed by atoms with E-state index in [1.165, 1.54) is 0 Å². The first-order chi connectivity index (χ1) is 8.15. The van der Waals surface area contributed by atoms with Crippen molar-refractivity contribution in [1.82, 2.24) is 9.78 Å². The molecule has 17 heavy (non-hydrogen) atoms. The lowest BCUT2D eigenvalue weighted by atomic mass is 9.80. The molecule has 0 bridgehead atoms. The number of nitrogens with zero attached hydrogens (tertiary/aromatic N) is 2. The van der Waals surface area contributed by atoms with Gasteiger partial charge in [-0.3, -0.25) is 4.68 Å². The largest absolute Gasteiger partial charge is 0.381 e. The summed E-state index contributed by atoms with van der Waals surface area (Å²) in [5.74, 6) is 1.06. The molecule has 1 aliphatic rings. The fraction of sp³-hybridized carbons (Fsp3) is 0.750. The van der Waals surface area contributed by atoms with Gasteiger partial charge >= 0.3 is 0 Å². The summed E-state index contributed by atoms with van der Waals surface area (Å²) in [6.45, 7) is 5.25. The molecular weight excluding hydrogens is 216 g/mol. The average Bonchev–Trinajstić information content (AvgIpc) is 2.67. The molecule has 0 unspecified atom stereocenters. The Morgan fingerprint density at radius 3 is 2.76 bits per heavy atom. The summed E-state index contributed by atoms with van der Waals surface area (Å²) in [4.78, 5) is 0. The van der Waals surface area contributed by atoms with E-state index in [0.717, 1.165) is 44.1 Å². The fourth-order valence-electron chi connectivity index (χ4n) is 2.31. The van der Waals surface area contributed by atoms with Crippen molar-refractivity contribution < 1.29 is 4.74 Å². The highest BCUT2D eigenvalue weighted by atomic mass is 16.5. The Morgan fingerprint density at radius 2 is 2.24 bits per heavy atom. The standard InChI is InChI=1S/C12H22N4O/c1-10-7-11(16(2)15-10)14-9-12(8-13)3-5-17-6-4-12/h7,14H,3-6,8-9,13H2,1-2H3. The van der Waals surface area contributed by atoms with Crippen LogP contribution in [0.5, 0.6) is 0 Å². The van der Waals surface area contributed by atoms with Crippen molar-refractivity contribution in [3.8, 4) is 0 Å². The quantitative estimate of drug-likeness (QED) is 0.818. The van der Waals surface area contributed by atoms with Crippen molar-refractivity contribution in [3.63, 3.8) is 0 Å². The first kappa shape index (κ1) is 12.4. The highest BCUT2D eigenvalue weighted by Gasteiger charge is 2.31. The lowest BCUT2D eigenvalue weighted by Gasteiger charge is -2.36. The second-order valence-corrected chi connectivity index (χ2v) is 4.96. The SMILES string of the molecule is Cc1cc(NCC2(CN)CCOCC2)n(C)n1. The van der Waals surface area contributed by atoms with Crippen molar-refractivity contribution in [1.29, 1.82) is 0 Å².